The summed E-state index contributed by atoms with van der Waals surface area (Å²) in [7, 11) is -1.97. The lowest BCUT2D eigenvalue weighted by Gasteiger charge is -2.09. The third-order valence-electron chi connectivity index (χ3n) is 3.03. The van der Waals surface area contributed by atoms with Gasteiger partial charge in [-0.1, -0.05) is 13.8 Å². The van der Waals surface area contributed by atoms with Crippen molar-refractivity contribution in [3.05, 3.63) is 29.8 Å². The van der Waals surface area contributed by atoms with E-state index in [0.29, 0.717) is 31.2 Å². The van der Waals surface area contributed by atoms with Crippen LogP contribution in [0.5, 0.6) is 0 Å². The molecule has 0 atom stereocenters. The second-order valence-electron chi connectivity index (χ2n) is 5.35. The Morgan fingerprint density at radius 3 is 2.36 bits per heavy atom. The van der Waals surface area contributed by atoms with E-state index in [1.54, 1.807) is 7.11 Å². The van der Waals surface area contributed by atoms with E-state index < -0.39 is 10.0 Å². The van der Waals surface area contributed by atoms with E-state index in [1.165, 1.54) is 24.3 Å². The Balaban J connectivity index is 2.65. The van der Waals surface area contributed by atoms with Crippen molar-refractivity contribution in [2.45, 2.75) is 25.2 Å². The molecule has 0 heterocycles. The number of nitrogens with one attached hydrogen (secondary N) is 2. The molecule has 124 valence electrons. The first-order valence-corrected chi connectivity index (χ1v) is 8.72. The molecule has 0 aliphatic heterocycles. The number of methoxy groups -OCH3 is 1. The minimum Gasteiger partial charge on any atom is -0.383 e. The average molecular weight is 328 g/mol. The first-order valence-electron chi connectivity index (χ1n) is 7.23. The number of hydrogen-bond acceptors (Lipinski definition) is 4. The fourth-order valence-corrected chi connectivity index (χ4v) is 2.77. The summed E-state index contributed by atoms with van der Waals surface area (Å²) in [5.41, 5.74) is 0.414. The van der Waals surface area contributed by atoms with Gasteiger partial charge in [-0.2, -0.15) is 0 Å². The van der Waals surface area contributed by atoms with Crippen molar-refractivity contribution >= 4 is 15.9 Å². The van der Waals surface area contributed by atoms with Gasteiger partial charge in [-0.3, -0.25) is 4.79 Å². The van der Waals surface area contributed by atoms with Crippen LogP contribution in [0.15, 0.2) is 29.2 Å². The van der Waals surface area contributed by atoms with Gasteiger partial charge in [-0.25, -0.2) is 13.1 Å². The highest BCUT2D eigenvalue weighted by molar-refractivity contribution is 7.89. The van der Waals surface area contributed by atoms with Crippen LogP contribution in [0.2, 0.25) is 0 Å². The van der Waals surface area contributed by atoms with E-state index in [9.17, 15) is 13.2 Å². The van der Waals surface area contributed by atoms with Gasteiger partial charge in [-0.15, -0.1) is 0 Å². The maximum absolute atomic E-state index is 12.1. The van der Waals surface area contributed by atoms with Gasteiger partial charge < -0.3 is 10.1 Å². The lowest BCUT2D eigenvalue weighted by molar-refractivity contribution is 0.0937. The summed E-state index contributed by atoms with van der Waals surface area (Å²) in [6.07, 6.45) is 0.777. The van der Waals surface area contributed by atoms with Gasteiger partial charge >= 0.3 is 0 Å². The lowest BCUT2D eigenvalue weighted by Crippen LogP contribution is -2.27. The molecule has 0 aromatic heterocycles. The number of carbonyl (C=O) groups is 1. The molecule has 0 aliphatic rings. The molecule has 22 heavy (non-hydrogen) atoms. The first kappa shape index (κ1) is 18.6. The number of sulfonamides is 1. The summed E-state index contributed by atoms with van der Waals surface area (Å²) in [6, 6.07) is 5.87. The van der Waals surface area contributed by atoms with Crippen molar-refractivity contribution in [3.8, 4) is 0 Å². The Kier molecular flexibility index (Phi) is 7.50. The van der Waals surface area contributed by atoms with Crippen molar-refractivity contribution < 1.29 is 17.9 Å². The molecule has 0 spiro atoms. The minimum atomic E-state index is -3.52. The topological polar surface area (TPSA) is 84.5 Å². The van der Waals surface area contributed by atoms with E-state index in [1.807, 2.05) is 13.8 Å². The highest BCUT2D eigenvalue weighted by Gasteiger charge is 2.14. The molecule has 0 aliphatic carbocycles. The zero-order valence-electron chi connectivity index (χ0n) is 13.3. The molecule has 7 heteroatoms. The van der Waals surface area contributed by atoms with Crippen LogP contribution in [0, 0.1) is 5.92 Å². The number of rotatable bonds is 9. The summed E-state index contributed by atoms with van der Waals surface area (Å²) >= 11 is 0. The van der Waals surface area contributed by atoms with Crippen LogP contribution in [0.1, 0.15) is 30.6 Å². The van der Waals surface area contributed by atoms with Crippen LogP contribution in [0.25, 0.3) is 0 Å². The highest BCUT2D eigenvalue weighted by Crippen LogP contribution is 2.11. The van der Waals surface area contributed by atoms with Gasteiger partial charge in [0, 0.05) is 25.8 Å². The molecule has 1 aromatic carbocycles. The summed E-state index contributed by atoms with van der Waals surface area (Å²) < 4.78 is 31.6. The monoisotopic (exact) mass is 328 g/mol. The minimum absolute atomic E-state index is 0.157. The van der Waals surface area contributed by atoms with Gasteiger partial charge in [0.25, 0.3) is 5.91 Å². The van der Waals surface area contributed by atoms with Gasteiger partial charge in [0.1, 0.15) is 0 Å². The number of benzene rings is 1. The van der Waals surface area contributed by atoms with Crippen LogP contribution in [0.4, 0.5) is 0 Å². The lowest BCUT2D eigenvalue weighted by atomic mass is 10.1. The molecule has 6 nitrogen and oxygen atoms in total. The maximum Gasteiger partial charge on any atom is 0.251 e. The molecule has 1 amide bonds. The number of ether oxygens (including phenoxy) is 1. The quantitative estimate of drug-likeness (QED) is 0.671. The Bertz CT molecular complexity index is 568. The van der Waals surface area contributed by atoms with E-state index in [2.05, 4.69) is 10.0 Å². The van der Waals surface area contributed by atoms with E-state index >= 15 is 0 Å². The van der Waals surface area contributed by atoms with Gasteiger partial charge in [0.05, 0.1) is 11.5 Å². The van der Waals surface area contributed by atoms with Crippen LogP contribution in [0.3, 0.4) is 0 Å². The third-order valence-corrected chi connectivity index (χ3v) is 4.51. The molecule has 0 unspecified atom stereocenters. The van der Waals surface area contributed by atoms with Crippen LogP contribution in [-0.2, 0) is 14.8 Å². The SMILES string of the molecule is COCCNC(=O)c1ccc(S(=O)(=O)NCCC(C)C)cc1. The Morgan fingerprint density at radius 2 is 1.82 bits per heavy atom. The Labute approximate surface area is 132 Å². The molecule has 0 saturated heterocycles. The predicted molar refractivity (Wildman–Crippen MR) is 85.3 cm³/mol. The number of carbonyl (C=O) groups excluding carboxylic acids is 1. The van der Waals surface area contributed by atoms with Crippen LogP contribution < -0.4 is 10.0 Å². The summed E-state index contributed by atoms with van der Waals surface area (Å²) in [5, 5.41) is 2.68. The molecule has 0 radical (unpaired) electrons. The van der Waals surface area contributed by atoms with Gasteiger partial charge in [-0.05, 0) is 36.6 Å². The molecule has 1 aromatic rings. The van der Waals surface area contributed by atoms with Crippen molar-refractivity contribution in [2.24, 2.45) is 5.92 Å². The Hall–Kier alpha value is -1.44. The summed E-state index contributed by atoms with van der Waals surface area (Å²) in [5.74, 6) is 0.176. The largest absolute Gasteiger partial charge is 0.383 e. The molecule has 0 bridgehead atoms. The molecular formula is C15H24N2O4S. The summed E-state index contributed by atoms with van der Waals surface area (Å²) in [4.78, 5) is 12.0. The van der Waals surface area contributed by atoms with Crippen molar-refractivity contribution in [3.63, 3.8) is 0 Å². The first-order chi connectivity index (χ1) is 10.4. The fraction of sp³-hybridized carbons (Fsp3) is 0.533. The second kappa shape index (κ2) is 8.87. The van der Waals surface area contributed by atoms with Crippen LogP contribution in [-0.4, -0.2) is 41.1 Å². The smallest absolute Gasteiger partial charge is 0.251 e. The molecule has 0 fully saturated rings. The zero-order chi connectivity index (χ0) is 16.6. The second-order valence-corrected chi connectivity index (χ2v) is 7.12. The predicted octanol–water partition coefficient (Wildman–Crippen LogP) is 1.39. The standard InChI is InChI=1S/C15H24N2O4S/c1-12(2)8-9-17-22(19,20)14-6-4-13(5-7-14)15(18)16-10-11-21-3/h4-7,12,17H,8-11H2,1-3H3,(H,16,18). The van der Waals surface area contributed by atoms with E-state index in [0.717, 1.165) is 6.42 Å². The molecule has 0 saturated carbocycles. The highest BCUT2D eigenvalue weighted by atomic mass is 32.2. The number of hydrogen-bond donors (Lipinski definition) is 2. The average Bonchev–Trinajstić information content (AvgIpc) is 2.47. The van der Waals surface area contributed by atoms with Crippen molar-refractivity contribution in [1.82, 2.24) is 10.0 Å². The van der Waals surface area contributed by atoms with E-state index in [-0.39, 0.29) is 10.8 Å². The Morgan fingerprint density at radius 1 is 1.18 bits per heavy atom. The molecular weight excluding hydrogens is 304 g/mol. The van der Waals surface area contributed by atoms with Crippen LogP contribution >= 0.6 is 0 Å². The normalized spacial score (nSPS) is 11.6. The van der Waals surface area contributed by atoms with Gasteiger partial charge in [0.2, 0.25) is 10.0 Å². The zero-order valence-corrected chi connectivity index (χ0v) is 14.1. The van der Waals surface area contributed by atoms with Crippen molar-refractivity contribution in [1.29, 1.82) is 0 Å². The number of amides is 1. The van der Waals surface area contributed by atoms with Crippen molar-refractivity contribution in [2.75, 3.05) is 26.8 Å². The summed E-state index contributed by atoms with van der Waals surface area (Å²) in [6.45, 7) is 5.31. The third kappa shape index (κ3) is 6.13. The molecule has 2 N–H and O–H groups in total. The van der Waals surface area contributed by atoms with E-state index in [4.69, 9.17) is 4.74 Å². The van der Waals surface area contributed by atoms with Gasteiger partial charge in [0.15, 0.2) is 0 Å². The maximum atomic E-state index is 12.1. The fourth-order valence-electron chi connectivity index (χ4n) is 1.72. The molecule has 1 rings (SSSR count).